The quantitative estimate of drug-likeness (QED) is 0.483. The lowest BCUT2D eigenvalue weighted by molar-refractivity contribution is 0.0478. The zero-order chi connectivity index (χ0) is 24.8. The molecule has 2 aromatic rings. The lowest BCUT2D eigenvalue weighted by Crippen LogP contribution is -2.11. The average molecular weight is 479 g/mol. The Morgan fingerprint density at radius 3 is 1.45 bits per heavy atom. The Labute approximate surface area is 194 Å². The van der Waals surface area contributed by atoms with Crippen LogP contribution in [0.25, 0.3) is 0 Å². The smallest absolute Gasteiger partial charge is 0.338 e. The van der Waals surface area contributed by atoms with E-state index < -0.39 is 43.1 Å². The number of phenolic OH excluding ortho intramolecular Hbond substituents is 2. The first-order chi connectivity index (χ1) is 15.4. The first kappa shape index (κ1) is 26.2. The number of hydrogen-bond donors (Lipinski definition) is 2. The van der Waals surface area contributed by atoms with Crippen molar-refractivity contribution >= 4 is 21.8 Å². The van der Waals surface area contributed by atoms with E-state index in [1.54, 1.807) is 0 Å². The van der Waals surface area contributed by atoms with Gasteiger partial charge >= 0.3 is 11.9 Å². The molecule has 0 saturated carbocycles. The molecule has 2 aromatic carbocycles. The third kappa shape index (κ3) is 6.95. The molecule has 2 rings (SSSR count). The normalized spacial score (nSPS) is 11.6. The predicted octanol–water partition coefficient (Wildman–Crippen LogP) is 4.34. The predicted molar refractivity (Wildman–Crippen MR) is 121 cm³/mol. The van der Waals surface area contributed by atoms with Gasteiger partial charge in [-0.05, 0) is 61.1 Å². The van der Waals surface area contributed by atoms with Crippen molar-refractivity contribution in [3.8, 4) is 11.5 Å². The van der Waals surface area contributed by atoms with Crippen LogP contribution in [0.2, 0.25) is 0 Å². The Bertz CT molecular complexity index is 1020. The lowest BCUT2D eigenvalue weighted by atomic mass is 10.1. The molecule has 180 valence electrons. The largest absolute Gasteiger partial charge is 0.507 e. The zero-order valence-electron chi connectivity index (χ0n) is 19.2. The second kappa shape index (κ2) is 11.2. The van der Waals surface area contributed by atoms with Gasteiger partial charge in [-0.2, -0.15) is 0 Å². The van der Waals surface area contributed by atoms with Crippen LogP contribution in [0.5, 0.6) is 11.5 Å². The highest BCUT2D eigenvalue weighted by Gasteiger charge is 2.28. The van der Waals surface area contributed by atoms with Crippen molar-refractivity contribution in [2.75, 3.05) is 13.2 Å². The highest BCUT2D eigenvalue weighted by Crippen LogP contribution is 2.34. The van der Waals surface area contributed by atoms with Gasteiger partial charge in [0.15, 0.2) is 0 Å². The third-order valence-corrected chi connectivity index (χ3v) is 6.64. The molecule has 2 N–H and O–H groups in total. The van der Waals surface area contributed by atoms with Crippen molar-refractivity contribution in [2.45, 2.75) is 50.3 Å². The summed E-state index contributed by atoms with van der Waals surface area (Å²) < 4.78 is 36.7. The SMILES string of the molecule is CC(C)CCOC(=O)c1ccc(O)c(S(=O)(=O)c2cc(C(=O)OCCC(C)C)ccc2O)c1. The minimum Gasteiger partial charge on any atom is -0.507 e. The van der Waals surface area contributed by atoms with E-state index >= 15 is 0 Å². The van der Waals surface area contributed by atoms with E-state index in [1.807, 2.05) is 27.7 Å². The molecule has 0 spiro atoms. The molecule has 0 fully saturated rings. The fourth-order valence-corrected chi connectivity index (χ4v) is 4.26. The van der Waals surface area contributed by atoms with Crippen molar-refractivity contribution in [3.63, 3.8) is 0 Å². The summed E-state index contributed by atoms with van der Waals surface area (Å²) in [6.07, 6.45) is 1.28. The first-order valence-corrected chi connectivity index (χ1v) is 12.2. The molecule has 8 nitrogen and oxygen atoms in total. The minimum atomic E-state index is -4.50. The second-order valence-corrected chi connectivity index (χ2v) is 10.4. The van der Waals surface area contributed by atoms with Gasteiger partial charge in [0.05, 0.1) is 24.3 Å². The maximum absolute atomic E-state index is 13.2. The molecular formula is C24H30O8S. The Kier molecular flexibility index (Phi) is 8.87. The number of ether oxygens (including phenoxy) is 2. The minimum absolute atomic E-state index is 0.0705. The number of sulfone groups is 1. The molecule has 0 saturated heterocycles. The van der Waals surface area contributed by atoms with E-state index in [2.05, 4.69) is 0 Å². The van der Waals surface area contributed by atoms with E-state index in [-0.39, 0.29) is 24.3 Å². The fourth-order valence-electron chi connectivity index (χ4n) is 2.77. The van der Waals surface area contributed by atoms with Gasteiger partial charge in [-0.25, -0.2) is 18.0 Å². The van der Waals surface area contributed by atoms with Gasteiger partial charge in [-0.1, -0.05) is 27.7 Å². The van der Waals surface area contributed by atoms with Crippen LogP contribution in [0.4, 0.5) is 0 Å². The van der Waals surface area contributed by atoms with Gasteiger partial charge in [0.25, 0.3) is 0 Å². The average Bonchev–Trinajstić information content (AvgIpc) is 2.73. The monoisotopic (exact) mass is 478 g/mol. The molecule has 0 radical (unpaired) electrons. The standard InChI is InChI=1S/C24H30O8S/c1-15(2)9-11-31-23(27)17-5-7-19(25)21(13-17)33(29,30)22-14-18(6-8-20(22)26)24(28)32-12-10-16(3)4/h5-8,13-16,25-26H,9-12H2,1-4H3. The number of aromatic hydroxyl groups is 2. The summed E-state index contributed by atoms with van der Waals surface area (Å²) in [4.78, 5) is 23.4. The van der Waals surface area contributed by atoms with Crippen molar-refractivity contribution in [2.24, 2.45) is 11.8 Å². The molecule has 0 heterocycles. The van der Waals surface area contributed by atoms with Crippen molar-refractivity contribution in [1.82, 2.24) is 0 Å². The molecule has 0 aliphatic rings. The van der Waals surface area contributed by atoms with E-state index in [1.165, 1.54) is 12.1 Å². The van der Waals surface area contributed by atoms with Gasteiger partial charge in [-0.3, -0.25) is 0 Å². The van der Waals surface area contributed by atoms with Crippen LogP contribution in [0.3, 0.4) is 0 Å². The van der Waals surface area contributed by atoms with Crippen LogP contribution in [0.1, 0.15) is 61.3 Å². The summed E-state index contributed by atoms with van der Waals surface area (Å²) in [6.45, 7) is 8.22. The summed E-state index contributed by atoms with van der Waals surface area (Å²) >= 11 is 0. The van der Waals surface area contributed by atoms with Gasteiger partial charge in [0.2, 0.25) is 9.84 Å². The van der Waals surface area contributed by atoms with Crippen LogP contribution in [-0.4, -0.2) is 43.8 Å². The number of hydrogen-bond acceptors (Lipinski definition) is 8. The van der Waals surface area contributed by atoms with Crippen LogP contribution < -0.4 is 0 Å². The molecule has 0 aromatic heterocycles. The van der Waals surface area contributed by atoms with Gasteiger partial charge < -0.3 is 19.7 Å². The number of carbonyl (C=O) groups excluding carboxylic acids is 2. The molecule has 0 amide bonds. The number of phenols is 2. The molecule has 33 heavy (non-hydrogen) atoms. The molecule has 0 aliphatic heterocycles. The van der Waals surface area contributed by atoms with E-state index in [4.69, 9.17) is 9.47 Å². The summed E-state index contributed by atoms with van der Waals surface area (Å²) in [5.41, 5.74) is -0.141. The molecule has 0 unspecified atom stereocenters. The number of benzene rings is 2. The topological polar surface area (TPSA) is 127 Å². The van der Waals surface area contributed by atoms with E-state index in [0.29, 0.717) is 24.7 Å². The number of carbonyl (C=O) groups is 2. The van der Waals surface area contributed by atoms with Crippen molar-refractivity contribution in [1.29, 1.82) is 0 Å². The van der Waals surface area contributed by atoms with Crippen molar-refractivity contribution in [3.05, 3.63) is 47.5 Å². The third-order valence-electron chi connectivity index (χ3n) is 4.83. The van der Waals surface area contributed by atoms with E-state index in [9.17, 15) is 28.2 Å². The Hall–Kier alpha value is -3.07. The highest BCUT2D eigenvalue weighted by molar-refractivity contribution is 7.91. The molecule has 9 heteroatoms. The van der Waals surface area contributed by atoms with Crippen LogP contribution in [0, 0.1) is 11.8 Å². The van der Waals surface area contributed by atoms with Gasteiger partial charge in [0, 0.05) is 0 Å². The maximum Gasteiger partial charge on any atom is 0.338 e. The summed E-state index contributed by atoms with van der Waals surface area (Å²) in [5.74, 6) is -2.06. The second-order valence-electron chi connectivity index (χ2n) is 8.51. The Morgan fingerprint density at radius 1 is 0.758 bits per heavy atom. The number of esters is 2. The zero-order valence-corrected chi connectivity index (χ0v) is 20.0. The summed E-state index contributed by atoms with van der Waals surface area (Å²) in [7, 11) is -4.50. The van der Waals surface area contributed by atoms with Crippen LogP contribution in [-0.2, 0) is 19.3 Å². The van der Waals surface area contributed by atoms with Crippen molar-refractivity contribution < 1.29 is 37.7 Å². The lowest BCUT2D eigenvalue weighted by Gasteiger charge is -2.12. The Morgan fingerprint density at radius 2 is 1.12 bits per heavy atom. The maximum atomic E-state index is 13.2. The summed E-state index contributed by atoms with van der Waals surface area (Å²) in [6, 6.07) is 6.58. The van der Waals surface area contributed by atoms with Crippen LogP contribution in [0.15, 0.2) is 46.2 Å². The Balaban J connectivity index is 2.35. The molecule has 0 atom stereocenters. The van der Waals surface area contributed by atoms with Gasteiger partial charge in [0.1, 0.15) is 21.3 Å². The summed E-state index contributed by atoms with van der Waals surface area (Å²) in [5, 5.41) is 20.4. The first-order valence-electron chi connectivity index (χ1n) is 10.7. The molecule has 0 bridgehead atoms. The molecular weight excluding hydrogens is 448 g/mol. The van der Waals surface area contributed by atoms with Gasteiger partial charge in [-0.15, -0.1) is 0 Å². The van der Waals surface area contributed by atoms with Crippen LogP contribution >= 0.6 is 0 Å². The highest BCUT2D eigenvalue weighted by atomic mass is 32.2. The van der Waals surface area contributed by atoms with E-state index in [0.717, 1.165) is 24.3 Å². The number of rotatable bonds is 10. The fraction of sp³-hybridized carbons (Fsp3) is 0.417. The molecule has 0 aliphatic carbocycles.